The molecule has 0 aromatic heterocycles. The van der Waals surface area contributed by atoms with Crippen LogP contribution < -0.4 is 0 Å². The molecule has 0 aliphatic carbocycles. The molecule has 0 saturated carbocycles. The molecule has 0 spiro atoms. The van der Waals surface area contributed by atoms with Crippen LogP contribution in [0.5, 0.6) is 0 Å². The minimum atomic E-state index is -1.22. The van der Waals surface area contributed by atoms with Crippen LogP contribution in [0.15, 0.2) is 0 Å². The van der Waals surface area contributed by atoms with E-state index < -0.39 is 8.07 Å². The minimum absolute atomic E-state index is 0.416. The summed E-state index contributed by atoms with van der Waals surface area (Å²) in [6.45, 7) is 12.3. The molecule has 0 aliphatic heterocycles. The van der Waals surface area contributed by atoms with Gasteiger partial charge in [-0.15, -0.1) is 11.6 Å². The normalized spacial score (nSPS) is 13.5. The van der Waals surface area contributed by atoms with Crippen molar-refractivity contribution in [2.24, 2.45) is 0 Å². The van der Waals surface area contributed by atoms with Gasteiger partial charge >= 0.3 is 0 Å². The van der Waals surface area contributed by atoms with Crippen molar-refractivity contribution >= 4 is 19.7 Å². The SMILES string of the molecule is CC(C)(C)[Si](C)(C)COCCCl. The van der Waals surface area contributed by atoms with Gasteiger partial charge in [0.2, 0.25) is 0 Å². The zero-order chi connectivity index (χ0) is 9.83. The monoisotopic (exact) mass is 208 g/mol. The highest BCUT2D eigenvalue weighted by atomic mass is 35.5. The Hall–Kier alpha value is 0.467. The molecule has 0 bridgehead atoms. The van der Waals surface area contributed by atoms with E-state index in [1.165, 1.54) is 0 Å². The molecule has 0 fully saturated rings. The van der Waals surface area contributed by atoms with Crippen LogP contribution in [0.3, 0.4) is 0 Å². The van der Waals surface area contributed by atoms with Gasteiger partial charge in [0.25, 0.3) is 0 Å². The number of alkyl halides is 1. The van der Waals surface area contributed by atoms with Crippen LogP contribution >= 0.6 is 11.6 Å². The Bertz CT molecular complexity index is 129. The Morgan fingerprint density at radius 1 is 1.25 bits per heavy atom. The molecule has 1 nitrogen and oxygen atoms in total. The maximum absolute atomic E-state index is 5.54. The fourth-order valence-corrected chi connectivity index (χ4v) is 1.80. The second-order valence-corrected chi connectivity index (χ2v) is 10.8. The molecule has 0 radical (unpaired) electrons. The van der Waals surface area contributed by atoms with Crippen LogP contribution in [-0.2, 0) is 4.74 Å². The Morgan fingerprint density at radius 3 is 2.08 bits per heavy atom. The maximum Gasteiger partial charge on any atom is 0.0829 e. The lowest BCUT2D eigenvalue weighted by molar-refractivity contribution is 0.187. The van der Waals surface area contributed by atoms with Crippen molar-refractivity contribution in [1.82, 2.24) is 0 Å². The molecule has 0 aromatic carbocycles. The molecule has 0 aliphatic rings. The van der Waals surface area contributed by atoms with Gasteiger partial charge in [0.1, 0.15) is 0 Å². The molecule has 0 saturated heterocycles. The fourth-order valence-electron chi connectivity index (χ4n) is 0.598. The minimum Gasteiger partial charge on any atom is -0.384 e. The van der Waals surface area contributed by atoms with Gasteiger partial charge in [0.15, 0.2) is 0 Å². The predicted molar refractivity (Wildman–Crippen MR) is 58.7 cm³/mol. The van der Waals surface area contributed by atoms with Gasteiger partial charge in [0, 0.05) is 12.1 Å². The summed E-state index contributed by atoms with van der Waals surface area (Å²) in [5.41, 5.74) is 0. The molecule has 0 atom stereocenters. The number of hydrogen-bond donors (Lipinski definition) is 0. The lowest BCUT2D eigenvalue weighted by Gasteiger charge is -2.36. The number of halogens is 1. The average molecular weight is 209 g/mol. The third-order valence-corrected chi connectivity index (χ3v) is 7.86. The molecule has 3 heteroatoms. The van der Waals surface area contributed by atoms with Crippen LogP contribution in [0.25, 0.3) is 0 Å². The quantitative estimate of drug-likeness (QED) is 0.392. The Kier molecular flexibility index (Phi) is 4.81. The highest BCUT2D eigenvalue weighted by Gasteiger charge is 2.35. The summed E-state index contributed by atoms with van der Waals surface area (Å²) >= 11 is 5.54. The van der Waals surface area contributed by atoms with Crippen molar-refractivity contribution in [3.05, 3.63) is 0 Å². The van der Waals surface area contributed by atoms with Crippen molar-refractivity contribution in [1.29, 1.82) is 0 Å². The second kappa shape index (κ2) is 4.63. The van der Waals surface area contributed by atoms with Gasteiger partial charge in [-0.1, -0.05) is 33.9 Å². The van der Waals surface area contributed by atoms with Gasteiger partial charge in [0.05, 0.1) is 14.7 Å². The van der Waals surface area contributed by atoms with Gasteiger partial charge < -0.3 is 4.74 Å². The van der Waals surface area contributed by atoms with Gasteiger partial charge in [-0.3, -0.25) is 0 Å². The van der Waals surface area contributed by atoms with E-state index in [1.54, 1.807) is 0 Å². The first kappa shape index (κ1) is 12.5. The molecule has 0 amide bonds. The Balaban J connectivity index is 3.88. The van der Waals surface area contributed by atoms with Crippen LogP contribution in [-0.4, -0.2) is 26.8 Å². The fraction of sp³-hybridized carbons (Fsp3) is 1.00. The van der Waals surface area contributed by atoms with Crippen molar-refractivity contribution in [2.45, 2.75) is 38.9 Å². The molecule has 12 heavy (non-hydrogen) atoms. The summed E-state index contributed by atoms with van der Waals surface area (Å²) in [6, 6.07) is 0. The largest absolute Gasteiger partial charge is 0.384 e. The molecular weight excluding hydrogens is 188 g/mol. The Morgan fingerprint density at radius 2 is 1.75 bits per heavy atom. The molecule has 0 aromatic rings. The van der Waals surface area contributed by atoms with E-state index in [-0.39, 0.29) is 0 Å². The first-order valence-electron chi connectivity index (χ1n) is 4.45. The molecule has 74 valence electrons. The highest BCUT2D eigenvalue weighted by molar-refractivity contribution is 6.80. The van der Waals surface area contributed by atoms with Crippen LogP contribution in [0.1, 0.15) is 20.8 Å². The standard InChI is InChI=1S/C9H21ClOSi/c1-9(2,3)12(4,5)8-11-7-6-10/h6-8H2,1-5H3. The first-order valence-corrected chi connectivity index (χ1v) is 8.19. The van der Waals surface area contributed by atoms with E-state index in [0.29, 0.717) is 17.5 Å². The summed E-state index contributed by atoms with van der Waals surface area (Å²) in [6.07, 6.45) is 0.920. The molecule has 0 unspecified atom stereocenters. The van der Waals surface area contributed by atoms with E-state index in [9.17, 15) is 0 Å². The summed E-state index contributed by atoms with van der Waals surface area (Å²) in [5, 5.41) is 0.416. The lowest BCUT2D eigenvalue weighted by Crippen LogP contribution is -2.42. The van der Waals surface area contributed by atoms with Crippen molar-refractivity contribution < 1.29 is 4.74 Å². The summed E-state index contributed by atoms with van der Waals surface area (Å²) < 4.78 is 5.50. The van der Waals surface area contributed by atoms with Crippen LogP contribution in [0.2, 0.25) is 18.1 Å². The van der Waals surface area contributed by atoms with Gasteiger partial charge in [-0.05, 0) is 5.04 Å². The van der Waals surface area contributed by atoms with E-state index in [2.05, 4.69) is 33.9 Å². The van der Waals surface area contributed by atoms with Crippen molar-refractivity contribution in [3.63, 3.8) is 0 Å². The third kappa shape index (κ3) is 3.92. The van der Waals surface area contributed by atoms with Crippen molar-refractivity contribution in [3.8, 4) is 0 Å². The zero-order valence-electron chi connectivity index (χ0n) is 8.91. The number of ether oxygens (including phenoxy) is 1. The summed E-state index contributed by atoms with van der Waals surface area (Å²) in [7, 11) is -1.22. The van der Waals surface area contributed by atoms with Gasteiger partial charge in [-0.2, -0.15) is 0 Å². The van der Waals surface area contributed by atoms with Crippen LogP contribution in [0.4, 0.5) is 0 Å². The highest BCUT2D eigenvalue weighted by Crippen LogP contribution is 2.35. The molecule has 0 rings (SSSR count). The molecule has 0 N–H and O–H groups in total. The van der Waals surface area contributed by atoms with Crippen LogP contribution in [0, 0.1) is 0 Å². The van der Waals surface area contributed by atoms with Crippen molar-refractivity contribution in [2.75, 3.05) is 18.7 Å². The number of hydrogen-bond acceptors (Lipinski definition) is 1. The molecular formula is C9H21ClOSi. The van der Waals surface area contributed by atoms with E-state index in [4.69, 9.17) is 16.3 Å². The summed E-state index contributed by atoms with van der Waals surface area (Å²) in [4.78, 5) is 0. The number of rotatable bonds is 4. The maximum atomic E-state index is 5.54. The van der Waals surface area contributed by atoms with E-state index in [0.717, 1.165) is 6.23 Å². The van der Waals surface area contributed by atoms with Gasteiger partial charge in [-0.25, -0.2) is 0 Å². The smallest absolute Gasteiger partial charge is 0.0829 e. The average Bonchev–Trinajstić information content (AvgIpc) is 1.85. The van der Waals surface area contributed by atoms with E-state index >= 15 is 0 Å². The topological polar surface area (TPSA) is 9.23 Å². The van der Waals surface area contributed by atoms with E-state index in [1.807, 2.05) is 0 Å². The first-order chi connectivity index (χ1) is 5.31. The second-order valence-electron chi connectivity index (χ2n) is 4.88. The third-order valence-electron chi connectivity index (χ3n) is 2.71. The zero-order valence-corrected chi connectivity index (χ0v) is 10.7. The molecule has 0 heterocycles. The Labute approximate surface area is 82.5 Å². The summed E-state index contributed by atoms with van der Waals surface area (Å²) in [5.74, 6) is 0.606. The predicted octanol–water partition coefficient (Wildman–Crippen LogP) is 3.29. The lowest BCUT2D eigenvalue weighted by atomic mass is 10.2.